The van der Waals surface area contributed by atoms with Crippen molar-refractivity contribution in [1.29, 1.82) is 0 Å². The van der Waals surface area contributed by atoms with Crippen molar-refractivity contribution in [1.82, 2.24) is 9.97 Å². The Balaban J connectivity index is 2.45. The summed E-state index contributed by atoms with van der Waals surface area (Å²) in [5.74, 6) is 0.0758. The Bertz CT molecular complexity index is 548. The first-order valence-electron chi connectivity index (χ1n) is 4.75. The minimum absolute atomic E-state index is 0.145. The molecule has 0 aliphatic rings. The molecule has 0 saturated heterocycles. The first-order chi connectivity index (χ1) is 7.70. The van der Waals surface area contributed by atoms with Crippen LogP contribution in [-0.4, -0.2) is 9.97 Å². The van der Waals surface area contributed by atoms with Crippen LogP contribution in [0.15, 0.2) is 35.3 Å². The Hall–Kier alpha value is -2.01. The fourth-order valence-electron chi connectivity index (χ4n) is 1.32. The summed E-state index contributed by atoms with van der Waals surface area (Å²) in [6, 6.07) is 5.73. The van der Waals surface area contributed by atoms with E-state index in [9.17, 15) is 9.18 Å². The molecule has 3 N–H and O–H groups in total. The number of aromatic nitrogens is 2. The molecule has 0 saturated carbocycles. The molecule has 0 amide bonds. The molecular formula is C11H10FN3O. The molecule has 0 radical (unpaired) electrons. The average Bonchev–Trinajstić information content (AvgIpc) is 2.30. The minimum atomic E-state index is -0.329. The van der Waals surface area contributed by atoms with Crippen molar-refractivity contribution < 1.29 is 4.39 Å². The highest BCUT2D eigenvalue weighted by Crippen LogP contribution is 2.13. The molecule has 0 atom stereocenters. The first kappa shape index (κ1) is 10.5. The number of nitrogens with zero attached hydrogens (tertiary/aromatic N) is 1. The lowest BCUT2D eigenvalue weighted by Gasteiger charge is -2.01. The van der Waals surface area contributed by atoms with Crippen molar-refractivity contribution >= 4 is 0 Å². The van der Waals surface area contributed by atoms with E-state index in [0.717, 1.165) is 0 Å². The summed E-state index contributed by atoms with van der Waals surface area (Å²) in [5, 5.41) is 0. The maximum absolute atomic E-state index is 12.7. The van der Waals surface area contributed by atoms with Crippen LogP contribution in [0.2, 0.25) is 0 Å². The molecular weight excluding hydrogens is 209 g/mol. The van der Waals surface area contributed by atoms with Gasteiger partial charge in [0, 0.05) is 23.9 Å². The average molecular weight is 219 g/mol. The number of nitrogens with two attached hydrogens (primary N) is 1. The molecule has 1 aromatic carbocycles. The fourth-order valence-corrected chi connectivity index (χ4v) is 1.32. The van der Waals surface area contributed by atoms with Gasteiger partial charge in [0.1, 0.15) is 11.6 Å². The van der Waals surface area contributed by atoms with E-state index in [4.69, 9.17) is 5.73 Å². The van der Waals surface area contributed by atoms with Gasteiger partial charge in [-0.25, -0.2) is 9.37 Å². The summed E-state index contributed by atoms with van der Waals surface area (Å²) >= 11 is 0. The maximum atomic E-state index is 12.7. The molecule has 4 nitrogen and oxygen atoms in total. The summed E-state index contributed by atoms with van der Waals surface area (Å²) in [7, 11) is 0. The van der Waals surface area contributed by atoms with Crippen molar-refractivity contribution in [2.45, 2.75) is 6.54 Å². The predicted molar refractivity (Wildman–Crippen MR) is 58.1 cm³/mol. The number of hydrogen-bond donors (Lipinski definition) is 2. The molecule has 0 fully saturated rings. The van der Waals surface area contributed by atoms with Crippen molar-refractivity contribution in [2.24, 2.45) is 5.73 Å². The SMILES string of the molecule is NCc1cnc(-c2ccc(F)cc2)[nH]c1=O. The molecule has 0 spiro atoms. The van der Waals surface area contributed by atoms with Gasteiger partial charge in [-0.2, -0.15) is 0 Å². The summed E-state index contributed by atoms with van der Waals surface area (Å²) in [6.07, 6.45) is 1.43. The third-order valence-electron chi connectivity index (χ3n) is 2.21. The van der Waals surface area contributed by atoms with Gasteiger partial charge in [0.2, 0.25) is 0 Å². The second-order valence-corrected chi connectivity index (χ2v) is 3.30. The Morgan fingerprint density at radius 1 is 1.31 bits per heavy atom. The normalized spacial score (nSPS) is 10.4. The van der Waals surface area contributed by atoms with E-state index in [2.05, 4.69) is 9.97 Å². The molecule has 16 heavy (non-hydrogen) atoms. The van der Waals surface area contributed by atoms with Crippen LogP contribution in [0.1, 0.15) is 5.56 Å². The molecule has 0 bridgehead atoms. The van der Waals surface area contributed by atoms with Crippen LogP contribution in [0.3, 0.4) is 0 Å². The lowest BCUT2D eigenvalue weighted by Crippen LogP contribution is -2.17. The van der Waals surface area contributed by atoms with Gasteiger partial charge >= 0.3 is 0 Å². The lowest BCUT2D eigenvalue weighted by molar-refractivity contribution is 0.628. The van der Waals surface area contributed by atoms with E-state index in [1.54, 1.807) is 12.1 Å². The van der Waals surface area contributed by atoms with Crippen molar-refractivity contribution in [2.75, 3.05) is 0 Å². The molecule has 82 valence electrons. The van der Waals surface area contributed by atoms with Gasteiger partial charge in [-0.1, -0.05) is 0 Å². The second kappa shape index (κ2) is 4.24. The third-order valence-corrected chi connectivity index (χ3v) is 2.21. The van der Waals surface area contributed by atoms with Crippen LogP contribution >= 0.6 is 0 Å². The van der Waals surface area contributed by atoms with Crippen LogP contribution in [0, 0.1) is 5.82 Å². The Kier molecular flexibility index (Phi) is 2.78. The zero-order valence-corrected chi connectivity index (χ0v) is 8.40. The van der Waals surface area contributed by atoms with Gasteiger partial charge in [0.05, 0.1) is 0 Å². The van der Waals surface area contributed by atoms with Gasteiger partial charge in [-0.15, -0.1) is 0 Å². The van der Waals surface area contributed by atoms with Crippen LogP contribution in [0.4, 0.5) is 4.39 Å². The highest BCUT2D eigenvalue weighted by atomic mass is 19.1. The van der Waals surface area contributed by atoms with E-state index in [-0.39, 0.29) is 17.9 Å². The largest absolute Gasteiger partial charge is 0.326 e. The van der Waals surface area contributed by atoms with E-state index in [0.29, 0.717) is 17.0 Å². The van der Waals surface area contributed by atoms with Gasteiger partial charge in [0.25, 0.3) is 5.56 Å². The number of rotatable bonds is 2. The molecule has 2 rings (SSSR count). The summed E-state index contributed by atoms with van der Waals surface area (Å²) in [5.41, 5.74) is 6.16. The van der Waals surface area contributed by atoms with E-state index in [1.807, 2.05) is 0 Å². The monoisotopic (exact) mass is 219 g/mol. The standard InChI is InChI=1S/C11H10FN3O/c12-9-3-1-7(2-4-9)10-14-6-8(5-13)11(16)15-10/h1-4,6H,5,13H2,(H,14,15,16). The second-order valence-electron chi connectivity index (χ2n) is 3.30. The number of hydrogen-bond acceptors (Lipinski definition) is 3. The van der Waals surface area contributed by atoms with E-state index in [1.165, 1.54) is 18.3 Å². The fraction of sp³-hybridized carbons (Fsp3) is 0.0909. The molecule has 1 heterocycles. The number of halogens is 1. The molecule has 0 aliphatic carbocycles. The number of H-pyrrole nitrogens is 1. The molecule has 5 heteroatoms. The Labute approximate surface area is 91.0 Å². The van der Waals surface area contributed by atoms with Crippen molar-refractivity contribution in [3.05, 3.63) is 52.2 Å². The van der Waals surface area contributed by atoms with Crippen molar-refractivity contribution in [3.63, 3.8) is 0 Å². The number of benzene rings is 1. The van der Waals surface area contributed by atoms with Gasteiger partial charge < -0.3 is 10.7 Å². The molecule has 0 unspecified atom stereocenters. The van der Waals surface area contributed by atoms with E-state index < -0.39 is 0 Å². The number of nitrogens with one attached hydrogen (secondary N) is 1. The molecule has 1 aromatic heterocycles. The van der Waals surface area contributed by atoms with Gasteiger partial charge in [0.15, 0.2) is 0 Å². The first-order valence-corrected chi connectivity index (χ1v) is 4.75. The van der Waals surface area contributed by atoms with Crippen LogP contribution < -0.4 is 11.3 Å². The lowest BCUT2D eigenvalue weighted by atomic mass is 10.2. The summed E-state index contributed by atoms with van der Waals surface area (Å²) in [4.78, 5) is 18.1. The molecule has 0 aliphatic heterocycles. The zero-order chi connectivity index (χ0) is 11.5. The predicted octanol–water partition coefficient (Wildman–Crippen LogP) is 1.03. The zero-order valence-electron chi connectivity index (χ0n) is 8.40. The third kappa shape index (κ3) is 1.99. The van der Waals surface area contributed by atoms with E-state index >= 15 is 0 Å². The Morgan fingerprint density at radius 2 is 2.00 bits per heavy atom. The number of aromatic amines is 1. The maximum Gasteiger partial charge on any atom is 0.255 e. The molecule has 2 aromatic rings. The summed E-state index contributed by atoms with van der Waals surface area (Å²) in [6.45, 7) is 0.145. The highest BCUT2D eigenvalue weighted by Gasteiger charge is 2.03. The van der Waals surface area contributed by atoms with Crippen LogP contribution in [-0.2, 0) is 6.54 Å². The Morgan fingerprint density at radius 3 is 2.56 bits per heavy atom. The van der Waals surface area contributed by atoms with Gasteiger partial charge in [-0.3, -0.25) is 4.79 Å². The van der Waals surface area contributed by atoms with Crippen LogP contribution in [0.5, 0.6) is 0 Å². The van der Waals surface area contributed by atoms with Gasteiger partial charge in [-0.05, 0) is 24.3 Å². The topological polar surface area (TPSA) is 71.8 Å². The summed E-state index contributed by atoms with van der Waals surface area (Å²) < 4.78 is 12.7. The quantitative estimate of drug-likeness (QED) is 0.792. The highest BCUT2D eigenvalue weighted by molar-refractivity contribution is 5.54. The smallest absolute Gasteiger partial charge is 0.255 e. The van der Waals surface area contributed by atoms with Crippen molar-refractivity contribution in [3.8, 4) is 11.4 Å². The minimum Gasteiger partial charge on any atom is -0.326 e. The van der Waals surface area contributed by atoms with Crippen LogP contribution in [0.25, 0.3) is 11.4 Å².